The smallest absolute Gasteiger partial charge is 0.173 e. The van der Waals surface area contributed by atoms with Crippen molar-refractivity contribution < 1.29 is 0 Å². The van der Waals surface area contributed by atoms with Crippen molar-refractivity contribution in [2.45, 2.75) is 32.7 Å². The molecule has 3 aromatic rings. The van der Waals surface area contributed by atoms with Gasteiger partial charge in [-0.1, -0.05) is 62.4 Å². The number of hydrogen-bond donors (Lipinski definition) is 1. The number of nitrogens with zero attached hydrogens (tertiary/aromatic N) is 1. The molecular formula is C23H26N2S2. The summed E-state index contributed by atoms with van der Waals surface area (Å²) in [7, 11) is 0. The highest BCUT2D eigenvalue weighted by molar-refractivity contribution is 7.80. The summed E-state index contributed by atoms with van der Waals surface area (Å²) in [5.41, 5.74) is 3.71. The van der Waals surface area contributed by atoms with Gasteiger partial charge in [0.1, 0.15) is 0 Å². The van der Waals surface area contributed by atoms with E-state index in [0.29, 0.717) is 5.92 Å². The van der Waals surface area contributed by atoms with E-state index in [2.05, 4.69) is 96.2 Å². The standard InChI is InChI=1S/C23H26N2S2/c1-18(2)20-10-12-21(13-11-20)24-23(26)25(17-22-9-6-16-27-22)15-14-19-7-4-3-5-8-19/h3-13,16,18H,14-15,17H2,1-2H3,(H,24,26). The fourth-order valence-corrected chi connectivity index (χ4v) is 3.90. The van der Waals surface area contributed by atoms with Gasteiger partial charge in [-0.2, -0.15) is 0 Å². The van der Waals surface area contributed by atoms with Crippen molar-refractivity contribution in [2.75, 3.05) is 11.9 Å². The van der Waals surface area contributed by atoms with Crippen LogP contribution < -0.4 is 5.32 Å². The number of benzene rings is 2. The minimum Gasteiger partial charge on any atom is -0.344 e. The van der Waals surface area contributed by atoms with Gasteiger partial charge >= 0.3 is 0 Å². The molecule has 3 rings (SSSR count). The molecule has 2 nitrogen and oxygen atoms in total. The normalized spacial score (nSPS) is 10.8. The van der Waals surface area contributed by atoms with E-state index in [4.69, 9.17) is 12.2 Å². The number of hydrogen-bond acceptors (Lipinski definition) is 2. The van der Waals surface area contributed by atoms with Gasteiger partial charge in [0.2, 0.25) is 0 Å². The maximum Gasteiger partial charge on any atom is 0.173 e. The largest absolute Gasteiger partial charge is 0.344 e. The van der Waals surface area contributed by atoms with Crippen molar-refractivity contribution in [3.05, 3.63) is 88.1 Å². The highest BCUT2D eigenvalue weighted by Gasteiger charge is 2.12. The van der Waals surface area contributed by atoms with E-state index in [1.807, 2.05) is 0 Å². The lowest BCUT2D eigenvalue weighted by Gasteiger charge is -2.25. The van der Waals surface area contributed by atoms with Gasteiger partial charge in [-0.25, -0.2) is 0 Å². The molecule has 0 aliphatic heterocycles. The van der Waals surface area contributed by atoms with E-state index >= 15 is 0 Å². The Morgan fingerprint density at radius 2 is 1.74 bits per heavy atom. The lowest BCUT2D eigenvalue weighted by atomic mass is 10.0. The van der Waals surface area contributed by atoms with E-state index in [1.54, 1.807) is 11.3 Å². The minimum absolute atomic E-state index is 0.534. The first-order valence-electron chi connectivity index (χ1n) is 9.34. The molecule has 0 saturated carbocycles. The fourth-order valence-electron chi connectivity index (χ4n) is 2.91. The van der Waals surface area contributed by atoms with Crippen molar-refractivity contribution in [3.63, 3.8) is 0 Å². The van der Waals surface area contributed by atoms with E-state index < -0.39 is 0 Å². The van der Waals surface area contributed by atoms with Gasteiger partial charge in [0, 0.05) is 17.1 Å². The van der Waals surface area contributed by atoms with E-state index in [1.165, 1.54) is 16.0 Å². The number of thiophene rings is 1. The van der Waals surface area contributed by atoms with Crippen LogP contribution in [0.2, 0.25) is 0 Å². The van der Waals surface area contributed by atoms with Gasteiger partial charge in [0.05, 0.1) is 6.54 Å². The maximum absolute atomic E-state index is 5.75. The van der Waals surface area contributed by atoms with Crippen LogP contribution in [0.1, 0.15) is 35.8 Å². The molecule has 2 aromatic carbocycles. The predicted molar refractivity (Wildman–Crippen MR) is 122 cm³/mol. The molecule has 0 amide bonds. The van der Waals surface area contributed by atoms with Crippen molar-refractivity contribution in [2.24, 2.45) is 0 Å². The third-order valence-electron chi connectivity index (χ3n) is 4.56. The Labute approximate surface area is 171 Å². The van der Waals surface area contributed by atoms with E-state index in [-0.39, 0.29) is 0 Å². The molecule has 140 valence electrons. The zero-order valence-corrected chi connectivity index (χ0v) is 17.5. The molecule has 0 aliphatic carbocycles. The highest BCUT2D eigenvalue weighted by Crippen LogP contribution is 2.19. The predicted octanol–water partition coefficient (Wildman–Crippen LogP) is 6.31. The maximum atomic E-state index is 5.75. The highest BCUT2D eigenvalue weighted by atomic mass is 32.1. The first-order chi connectivity index (χ1) is 13.1. The Kier molecular flexibility index (Phi) is 7.02. The monoisotopic (exact) mass is 394 g/mol. The molecule has 0 atom stereocenters. The van der Waals surface area contributed by atoms with Crippen LogP contribution in [0.3, 0.4) is 0 Å². The topological polar surface area (TPSA) is 15.3 Å². The van der Waals surface area contributed by atoms with Crippen molar-refractivity contribution >= 4 is 34.4 Å². The van der Waals surface area contributed by atoms with E-state index in [9.17, 15) is 0 Å². The lowest BCUT2D eigenvalue weighted by molar-refractivity contribution is 0.427. The third-order valence-corrected chi connectivity index (χ3v) is 5.78. The summed E-state index contributed by atoms with van der Waals surface area (Å²) in [5, 5.41) is 6.31. The summed E-state index contributed by atoms with van der Waals surface area (Å²) in [4.78, 5) is 3.58. The molecule has 0 bridgehead atoms. The van der Waals surface area contributed by atoms with Crippen LogP contribution in [-0.2, 0) is 13.0 Å². The number of nitrogens with one attached hydrogen (secondary N) is 1. The van der Waals surface area contributed by atoms with Crippen molar-refractivity contribution in [1.82, 2.24) is 4.90 Å². The summed E-state index contributed by atoms with van der Waals surface area (Å²) in [6, 6.07) is 23.4. The third kappa shape index (κ3) is 5.91. The van der Waals surface area contributed by atoms with Crippen LogP contribution in [0, 0.1) is 0 Å². The lowest BCUT2D eigenvalue weighted by Crippen LogP contribution is -2.35. The molecule has 0 unspecified atom stereocenters. The first kappa shape index (κ1) is 19.6. The Hall–Kier alpha value is -2.17. The van der Waals surface area contributed by atoms with Gasteiger partial charge in [0.25, 0.3) is 0 Å². The molecular weight excluding hydrogens is 368 g/mol. The Balaban J connectivity index is 1.67. The van der Waals surface area contributed by atoms with Crippen molar-refractivity contribution in [3.8, 4) is 0 Å². The van der Waals surface area contributed by atoms with Crippen LogP contribution >= 0.6 is 23.6 Å². The molecule has 1 N–H and O–H groups in total. The summed E-state index contributed by atoms with van der Waals surface area (Å²) >= 11 is 7.52. The molecule has 0 aliphatic rings. The van der Waals surface area contributed by atoms with Gasteiger partial charge in [-0.3, -0.25) is 0 Å². The molecule has 1 aromatic heterocycles. The van der Waals surface area contributed by atoms with Gasteiger partial charge < -0.3 is 10.2 Å². The van der Waals surface area contributed by atoms with Crippen LogP contribution in [-0.4, -0.2) is 16.6 Å². The quantitative estimate of drug-likeness (QED) is 0.473. The minimum atomic E-state index is 0.534. The van der Waals surface area contributed by atoms with Crippen molar-refractivity contribution in [1.29, 1.82) is 0 Å². The number of thiocarbonyl (C=S) groups is 1. The van der Waals surface area contributed by atoms with Crippen LogP contribution in [0.25, 0.3) is 0 Å². The summed E-state index contributed by atoms with van der Waals surface area (Å²) < 4.78 is 0. The van der Waals surface area contributed by atoms with Gasteiger partial charge in [0.15, 0.2) is 5.11 Å². The number of anilines is 1. The van der Waals surface area contributed by atoms with Crippen LogP contribution in [0.4, 0.5) is 5.69 Å². The molecule has 1 heterocycles. The van der Waals surface area contributed by atoms with Gasteiger partial charge in [-0.05, 0) is 59.3 Å². The zero-order chi connectivity index (χ0) is 19.1. The Bertz CT molecular complexity index is 825. The first-order valence-corrected chi connectivity index (χ1v) is 10.6. The second kappa shape index (κ2) is 9.67. The van der Waals surface area contributed by atoms with Crippen LogP contribution in [0.15, 0.2) is 72.1 Å². The SMILES string of the molecule is CC(C)c1ccc(NC(=S)N(CCc2ccccc2)Cc2cccs2)cc1. The Morgan fingerprint density at radius 3 is 2.37 bits per heavy atom. The fraction of sp³-hybridized carbons (Fsp3) is 0.261. The molecule has 0 radical (unpaired) electrons. The Morgan fingerprint density at radius 1 is 1.00 bits per heavy atom. The van der Waals surface area contributed by atoms with E-state index in [0.717, 1.165) is 30.3 Å². The molecule has 0 fully saturated rings. The molecule has 27 heavy (non-hydrogen) atoms. The summed E-state index contributed by atoms with van der Waals surface area (Å²) in [5.74, 6) is 0.534. The molecule has 4 heteroatoms. The second-order valence-electron chi connectivity index (χ2n) is 6.94. The zero-order valence-electron chi connectivity index (χ0n) is 15.9. The van der Waals surface area contributed by atoms with Gasteiger partial charge in [-0.15, -0.1) is 11.3 Å². The summed E-state index contributed by atoms with van der Waals surface area (Å²) in [6.07, 6.45) is 0.973. The molecule has 0 saturated heterocycles. The summed E-state index contributed by atoms with van der Waals surface area (Å²) in [6.45, 7) is 6.14. The number of rotatable bonds is 7. The van der Waals surface area contributed by atoms with Crippen LogP contribution in [0.5, 0.6) is 0 Å². The average Bonchev–Trinajstić information content (AvgIpc) is 3.19. The molecule has 0 spiro atoms. The average molecular weight is 395 g/mol. The second-order valence-corrected chi connectivity index (χ2v) is 8.36.